The summed E-state index contributed by atoms with van der Waals surface area (Å²) in [7, 11) is 1.70. The van der Waals surface area contributed by atoms with Gasteiger partial charge in [0.25, 0.3) is 0 Å². The van der Waals surface area contributed by atoms with E-state index in [9.17, 15) is 14.9 Å². The van der Waals surface area contributed by atoms with Crippen molar-refractivity contribution >= 4 is 17.5 Å². The van der Waals surface area contributed by atoms with Crippen LogP contribution in [0.5, 0.6) is 0 Å². The normalized spacial score (nSPS) is 18.8. The van der Waals surface area contributed by atoms with Crippen molar-refractivity contribution in [3.8, 4) is 0 Å². The summed E-state index contributed by atoms with van der Waals surface area (Å²) in [6.07, 6.45) is 2.27. The highest BCUT2D eigenvalue weighted by Gasteiger charge is 2.32. The zero-order chi connectivity index (χ0) is 15.6. The van der Waals surface area contributed by atoms with Crippen molar-refractivity contribution in [1.29, 1.82) is 0 Å². The minimum atomic E-state index is -0.824. The summed E-state index contributed by atoms with van der Waals surface area (Å²) >= 11 is 0. The maximum atomic E-state index is 11.3. The fraction of sp³-hybridized carbons (Fsp3) is 0.692. The summed E-state index contributed by atoms with van der Waals surface area (Å²) in [5, 5.41) is 24.5. The first-order valence-corrected chi connectivity index (χ1v) is 7.11. The number of hydrogen-bond acceptors (Lipinski definition) is 5. The number of aryl methyl sites for hydroxylation is 2. The second-order valence-electron chi connectivity index (χ2n) is 5.41. The van der Waals surface area contributed by atoms with Gasteiger partial charge in [-0.3, -0.25) is 14.9 Å². The average molecular weight is 296 g/mol. The standard InChI is InChI=1S/C13H20N4O4/c1-3-10-12(17(20)21)13(15(2)14-10)16-6-4-5-9(8-16)7-11(18)19/h9H,3-8H2,1-2H3,(H,18,19). The van der Waals surface area contributed by atoms with E-state index < -0.39 is 5.97 Å². The molecule has 8 nitrogen and oxygen atoms in total. The lowest BCUT2D eigenvalue weighted by Gasteiger charge is -2.32. The van der Waals surface area contributed by atoms with Gasteiger partial charge < -0.3 is 10.0 Å². The molecule has 1 unspecified atom stereocenters. The van der Waals surface area contributed by atoms with Crippen LogP contribution in [0.1, 0.15) is 31.9 Å². The first-order valence-electron chi connectivity index (χ1n) is 7.11. The van der Waals surface area contributed by atoms with Gasteiger partial charge in [0.1, 0.15) is 5.69 Å². The van der Waals surface area contributed by atoms with Crippen molar-refractivity contribution in [3.63, 3.8) is 0 Å². The summed E-state index contributed by atoms with van der Waals surface area (Å²) in [6.45, 7) is 3.05. The Morgan fingerprint density at radius 1 is 1.57 bits per heavy atom. The van der Waals surface area contributed by atoms with Crippen LogP contribution in [0.3, 0.4) is 0 Å². The quantitative estimate of drug-likeness (QED) is 0.654. The van der Waals surface area contributed by atoms with E-state index in [4.69, 9.17) is 5.11 Å². The zero-order valence-electron chi connectivity index (χ0n) is 12.3. The Morgan fingerprint density at radius 3 is 2.86 bits per heavy atom. The number of carboxylic acid groups (broad SMARTS) is 1. The largest absolute Gasteiger partial charge is 0.481 e. The van der Waals surface area contributed by atoms with Gasteiger partial charge in [-0.2, -0.15) is 5.10 Å². The Bertz CT molecular complexity index is 555. The van der Waals surface area contributed by atoms with Gasteiger partial charge in [-0.1, -0.05) is 6.92 Å². The van der Waals surface area contributed by atoms with E-state index in [0.717, 1.165) is 12.8 Å². The highest BCUT2D eigenvalue weighted by molar-refractivity contribution is 5.67. The predicted molar refractivity (Wildman–Crippen MR) is 76.4 cm³/mol. The fourth-order valence-corrected chi connectivity index (χ4v) is 3.01. The van der Waals surface area contributed by atoms with Gasteiger partial charge in [0, 0.05) is 26.6 Å². The lowest BCUT2D eigenvalue weighted by atomic mass is 9.95. The van der Waals surface area contributed by atoms with Crippen LogP contribution >= 0.6 is 0 Å². The number of hydrogen-bond donors (Lipinski definition) is 1. The smallest absolute Gasteiger partial charge is 0.334 e. The van der Waals surface area contributed by atoms with Crippen LogP contribution in [0.2, 0.25) is 0 Å². The second kappa shape index (κ2) is 6.11. The minimum absolute atomic E-state index is 0.0239. The first kappa shape index (κ1) is 15.3. The molecular formula is C13H20N4O4. The number of rotatable bonds is 5. The summed E-state index contributed by atoms with van der Waals surface area (Å²) in [6, 6.07) is 0. The van der Waals surface area contributed by atoms with E-state index in [1.807, 2.05) is 11.8 Å². The molecule has 2 rings (SSSR count). The third-order valence-electron chi connectivity index (χ3n) is 3.86. The van der Waals surface area contributed by atoms with Crippen molar-refractivity contribution < 1.29 is 14.8 Å². The molecule has 1 N–H and O–H groups in total. The van der Waals surface area contributed by atoms with Crippen LogP contribution in [0.25, 0.3) is 0 Å². The van der Waals surface area contributed by atoms with E-state index in [0.29, 0.717) is 31.0 Å². The van der Waals surface area contributed by atoms with Gasteiger partial charge in [0.15, 0.2) is 0 Å². The van der Waals surface area contributed by atoms with E-state index in [1.54, 1.807) is 11.7 Å². The number of aromatic nitrogens is 2. The number of aliphatic carboxylic acids is 1. The molecule has 1 fully saturated rings. The Balaban J connectivity index is 2.30. The van der Waals surface area contributed by atoms with Gasteiger partial charge >= 0.3 is 11.7 Å². The topological polar surface area (TPSA) is 102 Å². The van der Waals surface area contributed by atoms with E-state index >= 15 is 0 Å². The van der Waals surface area contributed by atoms with E-state index in [1.165, 1.54) is 0 Å². The highest BCUT2D eigenvalue weighted by Crippen LogP contribution is 2.34. The monoisotopic (exact) mass is 296 g/mol. The molecule has 0 saturated carbocycles. The lowest BCUT2D eigenvalue weighted by Crippen LogP contribution is -2.37. The van der Waals surface area contributed by atoms with Gasteiger partial charge in [0.05, 0.1) is 4.92 Å². The molecule has 1 aliphatic rings. The highest BCUT2D eigenvalue weighted by atomic mass is 16.6. The number of carbonyl (C=O) groups is 1. The third-order valence-corrected chi connectivity index (χ3v) is 3.86. The summed E-state index contributed by atoms with van der Waals surface area (Å²) < 4.78 is 1.54. The van der Waals surface area contributed by atoms with Crippen LogP contribution in [0.15, 0.2) is 0 Å². The Labute approximate surface area is 122 Å². The van der Waals surface area contributed by atoms with E-state index in [-0.39, 0.29) is 22.9 Å². The fourth-order valence-electron chi connectivity index (χ4n) is 3.01. The molecule has 0 bridgehead atoms. The Morgan fingerprint density at radius 2 is 2.29 bits per heavy atom. The van der Waals surface area contributed by atoms with Gasteiger partial charge in [-0.15, -0.1) is 0 Å². The number of carboxylic acids is 1. The molecule has 1 aliphatic heterocycles. The van der Waals surface area contributed by atoms with Crippen molar-refractivity contribution in [2.75, 3.05) is 18.0 Å². The van der Waals surface area contributed by atoms with Crippen LogP contribution < -0.4 is 4.90 Å². The maximum absolute atomic E-state index is 11.3. The van der Waals surface area contributed by atoms with Crippen molar-refractivity contribution in [1.82, 2.24) is 9.78 Å². The molecule has 1 aromatic rings. The molecule has 1 atom stereocenters. The summed E-state index contributed by atoms with van der Waals surface area (Å²) in [5.74, 6) is -0.307. The molecule has 0 radical (unpaired) electrons. The average Bonchev–Trinajstić information content (AvgIpc) is 2.75. The molecule has 0 aromatic carbocycles. The third kappa shape index (κ3) is 3.14. The van der Waals surface area contributed by atoms with Gasteiger partial charge in [0.2, 0.25) is 5.82 Å². The summed E-state index contributed by atoms with van der Waals surface area (Å²) in [4.78, 5) is 23.7. The maximum Gasteiger partial charge on any atom is 0.334 e. The number of nitro groups is 1. The molecule has 2 heterocycles. The molecule has 0 aliphatic carbocycles. The molecular weight excluding hydrogens is 276 g/mol. The Kier molecular flexibility index (Phi) is 4.44. The number of piperidine rings is 1. The van der Waals surface area contributed by atoms with Crippen LogP contribution in [0.4, 0.5) is 11.5 Å². The molecule has 21 heavy (non-hydrogen) atoms. The SMILES string of the molecule is CCc1nn(C)c(N2CCCC(CC(=O)O)C2)c1[N+](=O)[O-]. The number of nitrogens with zero attached hydrogens (tertiary/aromatic N) is 4. The minimum Gasteiger partial charge on any atom is -0.481 e. The molecule has 1 aromatic heterocycles. The van der Waals surface area contributed by atoms with Crippen LogP contribution in [-0.2, 0) is 18.3 Å². The lowest BCUT2D eigenvalue weighted by molar-refractivity contribution is -0.384. The van der Waals surface area contributed by atoms with Crippen LogP contribution in [-0.4, -0.2) is 38.9 Å². The van der Waals surface area contributed by atoms with Crippen molar-refractivity contribution in [2.45, 2.75) is 32.6 Å². The van der Waals surface area contributed by atoms with Crippen molar-refractivity contribution in [3.05, 3.63) is 15.8 Å². The van der Waals surface area contributed by atoms with E-state index in [2.05, 4.69) is 5.10 Å². The second-order valence-corrected chi connectivity index (χ2v) is 5.41. The molecule has 0 spiro atoms. The molecule has 8 heteroatoms. The van der Waals surface area contributed by atoms with Crippen molar-refractivity contribution in [2.24, 2.45) is 13.0 Å². The molecule has 0 amide bonds. The molecule has 116 valence electrons. The first-order chi connectivity index (χ1) is 9.93. The number of anilines is 1. The zero-order valence-corrected chi connectivity index (χ0v) is 12.3. The van der Waals surface area contributed by atoms with Crippen LogP contribution in [0, 0.1) is 16.0 Å². The Hall–Kier alpha value is -2.12. The molecule has 1 saturated heterocycles. The van der Waals surface area contributed by atoms with Gasteiger partial charge in [-0.05, 0) is 25.2 Å². The summed E-state index contributed by atoms with van der Waals surface area (Å²) in [5.41, 5.74) is 0.522. The van der Waals surface area contributed by atoms with Gasteiger partial charge in [-0.25, -0.2) is 4.68 Å². The predicted octanol–water partition coefficient (Wildman–Crippen LogP) is 1.58.